The molecule has 1 unspecified atom stereocenters. The summed E-state index contributed by atoms with van der Waals surface area (Å²) in [5, 5.41) is 0. The lowest BCUT2D eigenvalue weighted by molar-refractivity contribution is 0.303. The Hall–Kier alpha value is -2.01. The molecule has 0 aromatic heterocycles. The molecule has 0 radical (unpaired) electrons. The first kappa shape index (κ1) is 15.4. The zero-order chi connectivity index (χ0) is 15.4. The second kappa shape index (κ2) is 6.63. The predicted molar refractivity (Wildman–Crippen MR) is 74.4 cm³/mol. The van der Waals surface area contributed by atoms with Crippen LogP contribution >= 0.6 is 0 Å². The topological polar surface area (TPSA) is 35.2 Å². The molecule has 21 heavy (non-hydrogen) atoms. The van der Waals surface area contributed by atoms with Gasteiger partial charge in [0.05, 0.1) is 0 Å². The summed E-state index contributed by atoms with van der Waals surface area (Å²) in [6, 6.07) is 7.73. The summed E-state index contributed by atoms with van der Waals surface area (Å²) < 4.78 is 44.8. The van der Waals surface area contributed by atoms with Crippen LogP contribution < -0.4 is 10.5 Å². The summed E-state index contributed by atoms with van der Waals surface area (Å²) in [5.74, 6) is -1.94. The van der Waals surface area contributed by atoms with E-state index in [-0.39, 0.29) is 12.6 Å². The van der Waals surface area contributed by atoms with Gasteiger partial charge in [0.1, 0.15) is 18.2 Å². The van der Waals surface area contributed by atoms with Crippen molar-refractivity contribution >= 4 is 0 Å². The number of nitrogens with two attached hydrogens (primary N) is 1. The van der Waals surface area contributed by atoms with Crippen LogP contribution in [0.1, 0.15) is 18.1 Å². The van der Waals surface area contributed by atoms with Crippen molar-refractivity contribution in [1.29, 1.82) is 0 Å². The van der Waals surface area contributed by atoms with E-state index in [2.05, 4.69) is 0 Å². The fraction of sp³-hybridized carbons (Fsp3) is 0.250. The quantitative estimate of drug-likeness (QED) is 0.915. The Bertz CT molecular complexity index is 629. The molecular formula is C16H16F3NO. The second-order valence-electron chi connectivity index (χ2n) is 5.01. The van der Waals surface area contributed by atoms with E-state index in [4.69, 9.17) is 10.5 Å². The van der Waals surface area contributed by atoms with E-state index in [1.807, 2.05) is 6.92 Å². The molecule has 0 fully saturated rings. The Labute approximate surface area is 121 Å². The SMILES string of the molecule is CC(N)Cc1cc(F)cc(OCc2ccc(F)c(F)c2)c1. The monoisotopic (exact) mass is 295 g/mol. The molecule has 0 aliphatic heterocycles. The standard InChI is InChI=1S/C16H16F3NO/c1-10(20)4-12-5-13(17)8-14(6-12)21-9-11-2-3-15(18)16(19)7-11/h2-3,5-8,10H,4,9,20H2,1H3. The maximum Gasteiger partial charge on any atom is 0.159 e. The number of halogens is 3. The van der Waals surface area contributed by atoms with E-state index in [0.29, 0.717) is 17.7 Å². The zero-order valence-electron chi connectivity index (χ0n) is 11.6. The molecule has 2 N–H and O–H groups in total. The number of ether oxygens (including phenoxy) is 1. The van der Waals surface area contributed by atoms with E-state index in [1.54, 1.807) is 6.07 Å². The lowest BCUT2D eigenvalue weighted by Gasteiger charge is -2.10. The van der Waals surface area contributed by atoms with E-state index < -0.39 is 17.5 Å². The Balaban J connectivity index is 2.08. The van der Waals surface area contributed by atoms with Crippen LogP contribution in [0.15, 0.2) is 36.4 Å². The smallest absolute Gasteiger partial charge is 0.159 e. The summed E-state index contributed by atoms with van der Waals surface area (Å²) >= 11 is 0. The molecule has 0 aliphatic carbocycles. The Morgan fingerprint density at radius 1 is 1.00 bits per heavy atom. The van der Waals surface area contributed by atoms with E-state index in [1.165, 1.54) is 18.2 Å². The Kier molecular flexibility index (Phi) is 4.85. The van der Waals surface area contributed by atoms with Crippen molar-refractivity contribution in [3.63, 3.8) is 0 Å². The molecule has 0 spiro atoms. The van der Waals surface area contributed by atoms with Crippen molar-refractivity contribution in [3.05, 3.63) is 65.0 Å². The molecule has 2 aromatic carbocycles. The highest BCUT2D eigenvalue weighted by molar-refractivity contribution is 5.30. The molecule has 0 bridgehead atoms. The maximum atomic E-state index is 13.5. The third-order valence-corrected chi connectivity index (χ3v) is 2.88. The van der Waals surface area contributed by atoms with Crippen LogP contribution in [0.2, 0.25) is 0 Å². The van der Waals surface area contributed by atoms with Gasteiger partial charge in [-0.15, -0.1) is 0 Å². The number of hydrogen-bond donors (Lipinski definition) is 1. The van der Waals surface area contributed by atoms with E-state index in [9.17, 15) is 13.2 Å². The van der Waals surface area contributed by atoms with Gasteiger partial charge in [0.15, 0.2) is 11.6 Å². The van der Waals surface area contributed by atoms with Crippen molar-refractivity contribution < 1.29 is 17.9 Å². The first-order valence-electron chi connectivity index (χ1n) is 6.56. The van der Waals surface area contributed by atoms with Crippen LogP contribution in [0.5, 0.6) is 5.75 Å². The van der Waals surface area contributed by atoms with Gasteiger partial charge in [-0.05, 0) is 48.7 Å². The summed E-state index contributed by atoms with van der Waals surface area (Å²) in [4.78, 5) is 0. The van der Waals surface area contributed by atoms with Gasteiger partial charge >= 0.3 is 0 Å². The van der Waals surface area contributed by atoms with Gasteiger partial charge in [-0.25, -0.2) is 13.2 Å². The van der Waals surface area contributed by atoms with Crippen molar-refractivity contribution in [2.24, 2.45) is 5.73 Å². The second-order valence-corrected chi connectivity index (χ2v) is 5.01. The molecule has 2 nitrogen and oxygen atoms in total. The molecule has 112 valence electrons. The first-order valence-corrected chi connectivity index (χ1v) is 6.56. The fourth-order valence-corrected chi connectivity index (χ4v) is 1.99. The summed E-state index contributed by atoms with van der Waals surface area (Å²) in [6.45, 7) is 1.85. The van der Waals surface area contributed by atoms with Crippen molar-refractivity contribution in [3.8, 4) is 5.75 Å². The minimum atomic E-state index is -0.937. The van der Waals surface area contributed by atoms with Gasteiger partial charge in [0.25, 0.3) is 0 Å². The summed E-state index contributed by atoms with van der Waals surface area (Å²) in [5.41, 5.74) is 6.87. The van der Waals surface area contributed by atoms with Crippen LogP contribution in [-0.4, -0.2) is 6.04 Å². The van der Waals surface area contributed by atoms with Gasteiger partial charge in [0.2, 0.25) is 0 Å². The van der Waals surface area contributed by atoms with Crippen LogP contribution in [0.25, 0.3) is 0 Å². The third kappa shape index (κ3) is 4.49. The summed E-state index contributed by atoms with van der Waals surface area (Å²) in [7, 11) is 0. The van der Waals surface area contributed by atoms with Gasteiger partial charge in [0, 0.05) is 12.1 Å². The minimum absolute atomic E-state index is 0.0261. The predicted octanol–water partition coefficient (Wildman–Crippen LogP) is 3.57. The third-order valence-electron chi connectivity index (χ3n) is 2.88. The molecule has 0 aliphatic rings. The lowest BCUT2D eigenvalue weighted by Crippen LogP contribution is -2.17. The van der Waals surface area contributed by atoms with E-state index >= 15 is 0 Å². The number of hydrogen-bond acceptors (Lipinski definition) is 2. The van der Waals surface area contributed by atoms with Gasteiger partial charge in [-0.1, -0.05) is 6.07 Å². The molecule has 1 atom stereocenters. The zero-order valence-corrected chi connectivity index (χ0v) is 11.6. The Morgan fingerprint density at radius 3 is 2.43 bits per heavy atom. The average Bonchev–Trinajstić information content (AvgIpc) is 2.39. The molecule has 2 aromatic rings. The van der Waals surface area contributed by atoms with Crippen molar-refractivity contribution in [2.45, 2.75) is 26.0 Å². The van der Waals surface area contributed by atoms with Crippen LogP contribution in [0.4, 0.5) is 13.2 Å². The fourth-order valence-electron chi connectivity index (χ4n) is 1.99. The molecule has 2 rings (SSSR count). The molecule has 0 heterocycles. The van der Waals surface area contributed by atoms with Crippen molar-refractivity contribution in [1.82, 2.24) is 0 Å². The largest absolute Gasteiger partial charge is 0.489 e. The van der Waals surface area contributed by atoms with Crippen LogP contribution in [0, 0.1) is 17.5 Å². The molecule has 0 amide bonds. The van der Waals surface area contributed by atoms with Gasteiger partial charge in [-0.2, -0.15) is 0 Å². The van der Waals surface area contributed by atoms with Crippen LogP contribution in [-0.2, 0) is 13.0 Å². The molecule has 0 saturated carbocycles. The maximum absolute atomic E-state index is 13.5. The molecular weight excluding hydrogens is 279 g/mol. The minimum Gasteiger partial charge on any atom is -0.489 e. The number of rotatable bonds is 5. The van der Waals surface area contributed by atoms with Gasteiger partial charge < -0.3 is 10.5 Å². The molecule has 5 heteroatoms. The highest BCUT2D eigenvalue weighted by Gasteiger charge is 2.06. The van der Waals surface area contributed by atoms with E-state index in [0.717, 1.165) is 17.7 Å². The summed E-state index contributed by atoms with van der Waals surface area (Å²) in [6.07, 6.45) is 0.527. The first-order chi connectivity index (χ1) is 9.94. The normalized spacial score (nSPS) is 12.2. The van der Waals surface area contributed by atoms with Crippen molar-refractivity contribution in [2.75, 3.05) is 0 Å². The van der Waals surface area contributed by atoms with Crippen LogP contribution in [0.3, 0.4) is 0 Å². The highest BCUT2D eigenvalue weighted by Crippen LogP contribution is 2.19. The number of benzene rings is 2. The lowest BCUT2D eigenvalue weighted by atomic mass is 10.1. The highest BCUT2D eigenvalue weighted by atomic mass is 19.2. The average molecular weight is 295 g/mol. The Morgan fingerprint density at radius 2 is 1.76 bits per heavy atom. The molecule has 0 saturated heterocycles. The van der Waals surface area contributed by atoms with Gasteiger partial charge in [-0.3, -0.25) is 0 Å².